The zero-order chi connectivity index (χ0) is 20.2. The van der Waals surface area contributed by atoms with Gasteiger partial charge in [-0.2, -0.15) is 0 Å². The third kappa shape index (κ3) is 4.06. The van der Waals surface area contributed by atoms with Crippen LogP contribution in [0.15, 0.2) is 54.6 Å². The van der Waals surface area contributed by atoms with Crippen LogP contribution < -0.4 is 15.0 Å². The maximum absolute atomic E-state index is 13.1. The first-order chi connectivity index (χ1) is 14.2. The second-order valence-electron chi connectivity index (χ2n) is 7.01. The summed E-state index contributed by atoms with van der Waals surface area (Å²) in [6.07, 6.45) is 1.66. The summed E-state index contributed by atoms with van der Waals surface area (Å²) in [5, 5.41) is 3.31. The Morgan fingerprint density at radius 3 is 2.79 bits per heavy atom. The highest BCUT2D eigenvalue weighted by Crippen LogP contribution is 2.28. The quantitative estimate of drug-likeness (QED) is 0.698. The molecule has 2 aromatic carbocycles. The van der Waals surface area contributed by atoms with Crippen molar-refractivity contribution in [2.45, 2.75) is 19.8 Å². The lowest BCUT2D eigenvalue weighted by molar-refractivity contribution is 0.0984. The Labute approximate surface area is 170 Å². The first-order valence-electron chi connectivity index (χ1n) is 9.77. The minimum Gasteiger partial charge on any atom is -0.496 e. The molecule has 1 aliphatic heterocycles. The third-order valence-corrected chi connectivity index (χ3v) is 5.08. The Kier molecular flexibility index (Phi) is 5.42. The molecule has 3 aromatic rings. The van der Waals surface area contributed by atoms with Crippen LogP contribution in [0.2, 0.25) is 0 Å². The number of aromatic nitrogens is 2. The lowest BCUT2D eigenvalue weighted by Crippen LogP contribution is -2.30. The molecule has 0 atom stereocenters. The average Bonchev–Trinajstić information content (AvgIpc) is 3.17. The smallest absolute Gasteiger partial charge is 0.277 e. The summed E-state index contributed by atoms with van der Waals surface area (Å²) in [6.45, 7) is 3.16. The van der Waals surface area contributed by atoms with E-state index in [2.05, 4.69) is 21.4 Å². The van der Waals surface area contributed by atoms with E-state index >= 15 is 0 Å². The largest absolute Gasteiger partial charge is 0.496 e. The average molecular weight is 388 g/mol. The van der Waals surface area contributed by atoms with Crippen LogP contribution >= 0.6 is 0 Å². The van der Waals surface area contributed by atoms with Gasteiger partial charge in [0.25, 0.3) is 5.91 Å². The van der Waals surface area contributed by atoms with Crippen molar-refractivity contribution >= 4 is 17.4 Å². The fourth-order valence-corrected chi connectivity index (χ4v) is 3.69. The zero-order valence-electron chi connectivity index (χ0n) is 16.7. The lowest BCUT2D eigenvalue weighted by atomic mass is 10.1. The maximum atomic E-state index is 13.1. The van der Waals surface area contributed by atoms with Crippen LogP contribution in [0.1, 0.15) is 27.4 Å². The van der Waals surface area contributed by atoms with Gasteiger partial charge in [-0.25, -0.2) is 9.97 Å². The Hall–Kier alpha value is -3.41. The second-order valence-corrected chi connectivity index (χ2v) is 7.01. The zero-order valence-corrected chi connectivity index (χ0v) is 16.7. The number of aryl methyl sites for hydroxylation is 1. The summed E-state index contributed by atoms with van der Waals surface area (Å²) in [5.41, 5.74) is 3.70. The standard InChI is InChI=1S/C23H24N4O2/c1-16-25-19(23(28)27-14-12-17-7-3-5-9-20(17)27)15-22(26-16)24-13-11-18-8-4-6-10-21(18)29-2/h3-10,15H,11-14H2,1-2H3,(H,24,25,26). The summed E-state index contributed by atoms with van der Waals surface area (Å²) >= 11 is 0. The Morgan fingerprint density at radius 2 is 1.93 bits per heavy atom. The molecular weight excluding hydrogens is 364 g/mol. The van der Waals surface area contributed by atoms with Gasteiger partial charge in [-0.1, -0.05) is 36.4 Å². The number of methoxy groups -OCH3 is 1. The number of ether oxygens (including phenoxy) is 1. The van der Waals surface area contributed by atoms with E-state index in [1.807, 2.05) is 42.5 Å². The fraction of sp³-hybridized carbons (Fsp3) is 0.261. The van der Waals surface area contributed by atoms with Gasteiger partial charge in [0.2, 0.25) is 0 Å². The molecule has 4 rings (SSSR count). The topological polar surface area (TPSA) is 67.3 Å². The van der Waals surface area contributed by atoms with Gasteiger partial charge in [0, 0.05) is 24.8 Å². The molecule has 0 radical (unpaired) electrons. The Bertz CT molecular complexity index is 1030. The number of rotatable bonds is 6. The number of anilines is 2. The fourth-order valence-electron chi connectivity index (χ4n) is 3.69. The molecule has 1 aromatic heterocycles. The van der Waals surface area contributed by atoms with Gasteiger partial charge in [0.15, 0.2) is 0 Å². The van der Waals surface area contributed by atoms with Gasteiger partial charge in [-0.3, -0.25) is 4.79 Å². The highest BCUT2D eigenvalue weighted by Gasteiger charge is 2.26. The predicted octanol–water partition coefficient (Wildman–Crippen LogP) is 3.65. The van der Waals surface area contributed by atoms with Gasteiger partial charge in [0.1, 0.15) is 23.1 Å². The number of benzene rings is 2. The number of fused-ring (bicyclic) bond motifs is 1. The van der Waals surface area contributed by atoms with Crippen LogP contribution in [0.3, 0.4) is 0 Å². The number of carbonyl (C=O) groups is 1. The number of carbonyl (C=O) groups excluding carboxylic acids is 1. The SMILES string of the molecule is COc1ccccc1CCNc1cc(C(=O)N2CCc3ccccc32)nc(C)n1. The number of para-hydroxylation sites is 2. The van der Waals surface area contributed by atoms with Gasteiger partial charge in [-0.15, -0.1) is 0 Å². The minimum absolute atomic E-state index is 0.0896. The number of nitrogens with zero attached hydrogens (tertiary/aromatic N) is 3. The van der Waals surface area contributed by atoms with E-state index in [0.717, 1.165) is 29.8 Å². The molecule has 0 unspecified atom stereocenters. The molecule has 0 bridgehead atoms. The van der Waals surface area contributed by atoms with Crippen molar-refractivity contribution in [2.75, 3.05) is 30.4 Å². The summed E-state index contributed by atoms with van der Waals surface area (Å²) in [5.74, 6) is 2.01. The van der Waals surface area contributed by atoms with Crippen LogP contribution in [-0.4, -0.2) is 36.1 Å². The van der Waals surface area contributed by atoms with Crippen molar-refractivity contribution in [3.63, 3.8) is 0 Å². The van der Waals surface area contributed by atoms with E-state index in [1.165, 1.54) is 5.56 Å². The molecule has 148 valence electrons. The Balaban J connectivity index is 1.47. The predicted molar refractivity (Wildman–Crippen MR) is 114 cm³/mol. The molecule has 1 amide bonds. The van der Waals surface area contributed by atoms with E-state index in [0.29, 0.717) is 30.4 Å². The third-order valence-electron chi connectivity index (χ3n) is 5.08. The van der Waals surface area contributed by atoms with E-state index in [9.17, 15) is 4.79 Å². The molecule has 1 N–H and O–H groups in total. The van der Waals surface area contributed by atoms with Gasteiger partial charge in [0.05, 0.1) is 7.11 Å². The second kappa shape index (κ2) is 8.31. The molecule has 1 aliphatic rings. The highest BCUT2D eigenvalue weighted by molar-refractivity contribution is 6.06. The first kappa shape index (κ1) is 18.9. The van der Waals surface area contributed by atoms with Crippen LogP contribution in [0.25, 0.3) is 0 Å². The maximum Gasteiger partial charge on any atom is 0.277 e. The van der Waals surface area contributed by atoms with Crippen LogP contribution in [-0.2, 0) is 12.8 Å². The summed E-state index contributed by atoms with van der Waals surface area (Å²) in [6, 6.07) is 17.7. The molecule has 0 saturated carbocycles. The Morgan fingerprint density at radius 1 is 1.14 bits per heavy atom. The molecule has 0 aliphatic carbocycles. The number of hydrogen-bond acceptors (Lipinski definition) is 5. The van der Waals surface area contributed by atoms with Crippen molar-refractivity contribution in [1.29, 1.82) is 0 Å². The van der Waals surface area contributed by atoms with Crippen molar-refractivity contribution in [3.8, 4) is 5.75 Å². The summed E-state index contributed by atoms with van der Waals surface area (Å²) in [7, 11) is 1.68. The van der Waals surface area contributed by atoms with Crippen LogP contribution in [0.4, 0.5) is 11.5 Å². The monoisotopic (exact) mass is 388 g/mol. The molecule has 2 heterocycles. The molecule has 0 spiro atoms. The molecular formula is C23H24N4O2. The molecule has 6 heteroatoms. The van der Waals surface area contributed by atoms with Gasteiger partial charge in [-0.05, 0) is 43.0 Å². The summed E-state index contributed by atoms with van der Waals surface area (Å²) in [4.78, 5) is 23.7. The van der Waals surface area contributed by atoms with Crippen molar-refractivity contribution in [2.24, 2.45) is 0 Å². The van der Waals surface area contributed by atoms with E-state index < -0.39 is 0 Å². The van der Waals surface area contributed by atoms with Crippen molar-refractivity contribution in [1.82, 2.24) is 9.97 Å². The molecule has 6 nitrogen and oxygen atoms in total. The molecule has 0 fully saturated rings. The highest BCUT2D eigenvalue weighted by atomic mass is 16.5. The van der Waals surface area contributed by atoms with E-state index in [1.54, 1.807) is 25.0 Å². The first-order valence-corrected chi connectivity index (χ1v) is 9.77. The van der Waals surface area contributed by atoms with E-state index in [4.69, 9.17) is 4.74 Å². The normalized spacial score (nSPS) is 12.6. The number of hydrogen-bond donors (Lipinski definition) is 1. The minimum atomic E-state index is -0.0896. The van der Waals surface area contributed by atoms with Crippen LogP contribution in [0, 0.1) is 6.92 Å². The van der Waals surface area contributed by atoms with Gasteiger partial charge < -0.3 is 15.0 Å². The summed E-state index contributed by atoms with van der Waals surface area (Å²) < 4.78 is 5.40. The van der Waals surface area contributed by atoms with Crippen molar-refractivity contribution in [3.05, 3.63) is 77.2 Å². The van der Waals surface area contributed by atoms with Crippen LogP contribution in [0.5, 0.6) is 5.75 Å². The lowest BCUT2D eigenvalue weighted by Gasteiger charge is -2.17. The molecule has 0 saturated heterocycles. The number of amides is 1. The molecule has 29 heavy (non-hydrogen) atoms. The van der Waals surface area contributed by atoms with Gasteiger partial charge >= 0.3 is 0 Å². The number of nitrogens with one attached hydrogen (secondary N) is 1. The van der Waals surface area contributed by atoms with E-state index in [-0.39, 0.29) is 5.91 Å². The van der Waals surface area contributed by atoms with Crippen molar-refractivity contribution < 1.29 is 9.53 Å².